The number of methoxy groups -OCH3 is 1. The zero-order valence-corrected chi connectivity index (χ0v) is 59.6. The SMILES string of the molecule is CCO.COC(=O)c1c(-c2c(F)cccc2Cl)noc1-c1cnn(-c2cccc(Cl)c2)c1C(F)(F)F.Cl.N.NC(=O)c1c(-c2c(F)cccc2Cl)noc1-c1cnn(-c2cccc(Cl)c2)c1C(F)(F)F.O=C(O)c1c(-c2c(F)cccc2Cl)noc1-c1cnn(-c2cccc(Cl)c2)c1C(F)(F)F.[Na+].[OH-]. The topological polar surface area (TPSA) is 323 Å². The zero-order valence-electron chi connectivity index (χ0n) is 52.3. The van der Waals surface area contributed by atoms with Crippen LogP contribution in [0, 0.1) is 17.5 Å². The molecule has 0 fully saturated rings. The molecule has 0 radical (unpaired) electrons. The van der Waals surface area contributed by atoms with E-state index in [0.29, 0.717) is 14.0 Å². The molecule has 0 atom stereocenters. The number of nitrogens with two attached hydrogens (primary N) is 1. The van der Waals surface area contributed by atoms with Gasteiger partial charge in [0.05, 0.1) is 91.2 Å². The van der Waals surface area contributed by atoms with E-state index in [4.69, 9.17) is 98.8 Å². The largest absolute Gasteiger partial charge is 1.00 e. The van der Waals surface area contributed by atoms with Gasteiger partial charge in [-0.1, -0.05) is 121 Å². The molecule has 6 aromatic heterocycles. The van der Waals surface area contributed by atoms with Crippen molar-refractivity contribution < 1.29 is 131 Å². The molecule has 0 spiro atoms. The summed E-state index contributed by atoms with van der Waals surface area (Å²) < 4.78 is 191. The van der Waals surface area contributed by atoms with Crippen molar-refractivity contribution >= 4 is 99.9 Å². The van der Waals surface area contributed by atoms with Gasteiger partial charge in [0.15, 0.2) is 34.4 Å². The maximum atomic E-state index is 14.5. The Morgan fingerprint density at radius 3 is 1.03 bits per heavy atom. The molecule has 41 heteroatoms. The van der Waals surface area contributed by atoms with Crippen molar-refractivity contribution in [3.8, 4) is 84.8 Å². The van der Waals surface area contributed by atoms with Gasteiger partial charge in [0.25, 0.3) is 5.91 Å². The first-order valence-corrected chi connectivity index (χ1v) is 29.8. The van der Waals surface area contributed by atoms with Crippen molar-refractivity contribution in [1.82, 2.24) is 51.0 Å². The number of nitrogens with zero attached hydrogens (tertiary/aromatic N) is 9. The van der Waals surface area contributed by atoms with Crippen LogP contribution in [0.3, 0.4) is 0 Å². The molecule has 0 aliphatic carbocycles. The summed E-state index contributed by atoms with van der Waals surface area (Å²) >= 11 is 35.7. The van der Waals surface area contributed by atoms with Gasteiger partial charge in [0, 0.05) is 21.7 Å². The minimum absolute atomic E-state index is 0. The third-order valence-electron chi connectivity index (χ3n) is 13.5. The number of primary amides is 1. The number of carboxylic acids is 1. The van der Waals surface area contributed by atoms with Crippen molar-refractivity contribution in [2.45, 2.75) is 25.5 Å². The van der Waals surface area contributed by atoms with Gasteiger partial charge in [-0.3, -0.25) is 4.79 Å². The number of ether oxygens (including phenoxy) is 1. The van der Waals surface area contributed by atoms with Gasteiger partial charge in [-0.25, -0.2) is 36.8 Å². The van der Waals surface area contributed by atoms with Gasteiger partial charge < -0.3 is 45.9 Å². The molecular formula is C63H41Cl7F12N11NaO10. The maximum absolute atomic E-state index is 14.5. The Labute approximate surface area is 634 Å². The van der Waals surface area contributed by atoms with Crippen LogP contribution < -0.4 is 41.4 Å². The summed E-state index contributed by atoms with van der Waals surface area (Å²) in [4.78, 5) is 36.7. The number of esters is 1. The number of hydrogen-bond acceptors (Lipinski definition) is 16. The van der Waals surface area contributed by atoms with Gasteiger partial charge in [0.2, 0.25) is 0 Å². The van der Waals surface area contributed by atoms with Crippen LogP contribution in [-0.4, -0.2) is 92.1 Å². The molecule has 6 heterocycles. The van der Waals surface area contributed by atoms with Crippen LogP contribution in [0.15, 0.2) is 160 Å². The summed E-state index contributed by atoms with van der Waals surface area (Å²) in [5, 5.41) is 39.4. The molecule has 8 N–H and O–H groups in total. The predicted molar refractivity (Wildman–Crippen MR) is 352 cm³/mol. The Morgan fingerprint density at radius 2 is 0.769 bits per heavy atom. The number of aliphatic hydroxyl groups is 1. The molecule has 1 amide bonds. The molecule has 12 rings (SSSR count). The van der Waals surface area contributed by atoms with E-state index in [2.05, 4.69) is 30.8 Å². The fraction of sp³-hybridized carbons (Fsp3) is 0.0952. The summed E-state index contributed by atoms with van der Waals surface area (Å²) in [6.07, 6.45) is -12.4. The number of halogens is 19. The first kappa shape index (κ1) is 85.7. The molecule has 0 bridgehead atoms. The number of aliphatic hydroxyl groups excluding tert-OH is 1. The Balaban J connectivity index is 0.000000270. The number of aromatic nitrogens is 9. The van der Waals surface area contributed by atoms with Crippen LogP contribution in [0.5, 0.6) is 0 Å². The number of benzene rings is 6. The molecule has 542 valence electrons. The van der Waals surface area contributed by atoms with Crippen molar-refractivity contribution in [2.24, 2.45) is 5.73 Å². The molecule has 6 aromatic carbocycles. The second-order valence-corrected chi connectivity index (χ2v) is 22.4. The molecule has 0 saturated heterocycles. The van der Waals surface area contributed by atoms with Crippen LogP contribution in [0.2, 0.25) is 30.1 Å². The summed E-state index contributed by atoms with van der Waals surface area (Å²) in [5.41, 5.74) is -4.83. The zero-order chi connectivity index (χ0) is 73.0. The Morgan fingerprint density at radius 1 is 0.500 bits per heavy atom. The van der Waals surface area contributed by atoms with Crippen molar-refractivity contribution in [1.29, 1.82) is 0 Å². The molecule has 12 aromatic rings. The fourth-order valence-electron chi connectivity index (χ4n) is 9.60. The van der Waals surface area contributed by atoms with Crippen molar-refractivity contribution in [3.05, 3.63) is 227 Å². The molecule has 0 saturated carbocycles. The van der Waals surface area contributed by atoms with Crippen LogP contribution in [-0.2, 0) is 23.3 Å². The van der Waals surface area contributed by atoms with Gasteiger partial charge in [0.1, 0.15) is 51.2 Å². The molecule has 21 nitrogen and oxygen atoms in total. The van der Waals surface area contributed by atoms with Crippen molar-refractivity contribution in [3.63, 3.8) is 0 Å². The molecule has 104 heavy (non-hydrogen) atoms. The number of hydrogen-bond donors (Lipinski definition) is 4. The van der Waals surface area contributed by atoms with E-state index in [1.54, 1.807) is 6.92 Å². The maximum Gasteiger partial charge on any atom is 1.00 e. The number of rotatable bonds is 12. The summed E-state index contributed by atoms with van der Waals surface area (Å²) in [6, 6.07) is 27.5. The second-order valence-electron chi connectivity index (χ2n) is 19.9. The first-order valence-electron chi connectivity index (χ1n) is 27.5. The molecule has 0 aliphatic rings. The molecular weight excluding hydrogens is 1570 g/mol. The van der Waals surface area contributed by atoms with E-state index < -0.39 is 144 Å². The van der Waals surface area contributed by atoms with Crippen LogP contribution in [0.25, 0.3) is 84.8 Å². The van der Waals surface area contributed by atoms with E-state index in [1.165, 1.54) is 109 Å². The smallest absolute Gasteiger partial charge is 0.870 e. The number of carbonyl (C=O) groups excluding carboxylic acids is 2. The Hall–Kier alpha value is -8.94. The van der Waals surface area contributed by atoms with Gasteiger partial charge in [-0.15, -0.1) is 12.4 Å². The predicted octanol–water partition coefficient (Wildman–Crippen LogP) is 16.0. The number of carbonyl (C=O) groups is 3. The molecule has 0 unspecified atom stereocenters. The van der Waals surface area contributed by atoms with Crippen LogP contribution in [0.4, 0.5) is 52.7 Å². The van der Waals surface area contributed by atoms with E-state index in [9.17, 15) is 72.2 Å². The Kier molecular flexibility index (Phi) is 29.0. The third-order valence-corrected chi connectivity index (χ3v) is 15.2. The van der Waals surface area contributed by atoms with E-state index in [1.807, 2.05) is 0 Å². The van der Waals surface area contributed by atoms with E-state index >= 15 is 0 Å². The van der Waals surface area contributed by atoms with E-state index in [0.717, 1.165) is 43.9 Å². The minimum atomic E-state index is -4.98. The number of carboxylic acid groups (broad SMARTS) is 1. The third kappa shape index (κ3) is 18.0. The quantitative estimate of drug-likeness (QED) is 0.0501. The molecule has 0 aliphatic heterocycles. The second kappa shape index (κ2) is 35.2. The average molecular weight is 1610 g/mol. The van der Waals surface area contributed by atoms with Gasteiger partial charge in [-0.05, 0) is 97.9 Å². The first-order chi connectivity index (χ1) is 47.2. The standard InChI is InChI=1S/C21H11Cl2F4N3O3.C20H10Cl2F4N4O2.C20H9Cl2F4N3O3.C2H6O.ClH.H3N.Na.H2O/c1-32-20(31)16-17(15-13(23)6-3-7-14(15)24)29-33-18(16)12-9-28-30(19(12)21(25,26)27)11-5-2-4-10(22)8-11;21-9-3-1-4-10(7-9)30-18(20(24,25)26)11(8-28-30)17-15(19(27)31)16(29-32-17)14-12(22)5-2-6-13(14)23;21-9-3-1-4-10(7-9)29-18(20(24,25)26)11(8-27-29)17-15(19(30)31)16(28-32-17)14-12(22)5-2-6-13(14)23;1-2-3;;;;/h2-9H,1H3;1-8H,(H2,27,31);1-8H,(H,30,31);3H,2H2,1H3;1H;1H3;;1H2/q;;;;;;+1;/p-1. The van der Waals surface area contributed by atoms with Crippen molar-refractivity contribution in [2.75, 3.05) is 13.7 Å². The van der Waals surface area contributed by atoms with Gasteiger partial charge in [-0.2, -0.15) is 54.8 Å². The number of alkyl halides is 9. The van der Waals surface area contributed by atoms with Gasteiger partial charge >= 0.3 is 60.0 Å². The minimum Gasteiger partial charge on any atom is -0.870 e. The summed E-state index contributed by atoms with van der Waals surface area (Å²) in [5.74, 6) is -8.66. The monoisotopic (exact) mass is 1610 g/mol. The Bertz CT molecular complexity index is 4820. The normalized spacial score (nSPS) is 11.0. The summed E-state index contributed by atoms with van der Waals surface area (Å²) in [7, 11) is 1.01. The average Bonchev–Trinajstić information content (AvgIpc) is 1.61. The summed E-state index contributed by atoms with van der Waals surface area (Å²) in [6.45, 7) is 1.93. The van der Waals surface area contributed by atoms with E-state index in [-0.39, 0.29) is 119 Å². The number of amides is 1. The number of aromatic carboxylic acids is 1. The van der Waals surface area contributed by atoms with Crippen LogP contribution >= 0.6 is 82.0 Å². The van der Waals surface area contributed by atoms with Crippen LogP contribution in [0.1, 0.15) is 55.1 Å². The fourth-order valence-corrected chi connectivity index (χ4v) is 10.9.